The molecule has 4 aliphatic carbocycles. The number of aromatic hydroxyl groups is 1. The average molecular weight is 471 g/mol. The first-order valence-electron chi connectivity index (χ1n) is 14.1. The molecule has 0 amide bonds. The van der Waals surface area contributed by atoms with Crippen LogP contribution in [-0.4, -0.2) is 51.7 Å². The van der Waals surface area contributed by atoms with Gasteiger partial charge in [0.1, 0.15) is 5.75 Å². The van der Waals surface area contributed by atoms with E-state index in [1.807, 2.05) is 6.07 Å². The maximum absolute atomic E-state index is 10.7. The van der Waals surface area contributed by atoms with Gasteiger partial charge in [-0.25, -0.2) is 9.97 Å². The summed E-state index contributed by atoms with van der Waals surface area (Å²) in [6.07, 6.45) is 10.7. The maximum Gasteiger partial charge on any atom is 0.226 e. The third kappa shape index (κ3) is 2.58. The molecule has 2 aromatic rings. The molecule has 3 saturated carbocycles. The number of hydrogen-bond acceptors (Lipinski definition) is 5. The summed E-state index contributed by atoms with van der Waals surface area (Å²) in [6.45, 7) is 7.85. The SMILES string of the molecule is Cc1cc(C)nc(N2C[C@H]3CC45CCC2C3C42CCN(CC3CCC3)C5Cc3ccc(O)cc32)n1. The number of aryl methyl sites for hydroxylation is 2. The van der Waals surface area contributed by atoms with E-state index in [2.05, 4.69) is 41.8 Å². The summed E-state index contributed by atoms with van der Waals surface area (Å²) in [5.74, 6) is 3.68. The summed E-state index contributed by atoms with van der Waals surface area (Å²) in [5, 5.41) is 10.7. The van der Waals surface area contributed by atoms with Crippen LogP contribution in [0.25, 0.3) is 0 Å². The van der Waals surface area contributed by atoms with E-state index in [0.717, 1.165) is 29.8 Å². The minimum atomic E-state index is 0.196. The van der Waals surface area contributed by atoms with Crippen LogP contribution in [0.2, 0.25) is 0 Å². The van der Waals surface area contributed by atoms with Crippen LogP contribution in [0.1, 0.15) is 67.5 Å². The Bertz CT molecular complexity index is 1190. The molecule has 8 rings (SSSR count). The van der Waals surface area contributed by atoms with E-state index in [9.17, 15) is 5.11 Å². The molecule has 184 valence electrons. The van der Waals surface area contributed by atoms with E-state index < -0.39 is 0 Å². The highest BCUT2D eigenvalue weighted by Gasteiger charge is 2.76. The number of aromatic nitrogens is 2. The number of anilines is 1. The number of fused-ring (bicyclic) bond motifs is 1. The van der Waals surface area contributed by atoms with Crippen LogP contribution in [0.15, 0.2) is 24.3 Å². The van der Waals surface area contributed by atoms with E-state index in [0.29, 0.717) is 35.1 Å². The first-order chi connectivity index (χ1) is 17.0. The molecule has 2 saturated heterocycles. The Morgan fingerprint density at radius 2 is 1.89 bits per heavy atom. The van der Waals surface area contributed by atoms with Crippen LogP contribution < -0.4 is 4.90 Å². The van der Waals surface area contributed by atoms with Crippen LogP contribution >= 0.6 is 0 Å². The van der Waals surface area contributed by atoms with Gasteiger partial charge in [-0.15, -0.1) is 0 Å². The molecule has 1 aromatic heterocycles. The number of phenols is 1. The zero-order chi connectivity index (χ0) is 23.5. The molecule has 5 heteroatoms. The second-order valence-corrected chi connectivity index (χ2v) is 12.9. The first-order valence-corrected chi connectivity index (χ1v) is 14.1. The van der Waals surface area contributed by atoms with Crippen molar-refractivity contribution in [2.24, 2.45) is 23.2 Å². The largest absolute Gasteiger partial charge is 0.508 e. The average Bonchev–Trinajstić information content (AvgIpc) is 3.23. The molecular weight excluding hydrogens is 432 g/mol. The summed E-state index contributed by atoms with van der Waals surface area (Å²) in [7, 11) is 0. The smallest absolute Gasteiger partial charge is 0.226 e. The predicted octanol–water partition coefficient (Wildman–Crippen LogP) is 4.77. The van der Waals surface area contributed by atoms with Gasteiger partial charge in [-0.05, 0) is 118 Å². The molecule has 3 heterocycles. The van der Waals surface area contributed by atoms with Crippen LogP contribution in [0.3, 0.4) is 0 Å². The fraction of sp³-hybridized carbons (Fsp3) is 0.667. The molecule has 5 fully saturated rings. The number of piperidine rings is 1. The standard InChI is InChI=1S/C30H38N4O/c1-18-12-19(2)32-28(31-18)34-17-22-15-29-9-8-25(34)27(22)30(29)10-11-33(16-20-4-3-5-20)26(29)13-21-6-7-23(35)14-24(21)30/h6-7,12,14,20,22,25-27,35H,3-5,8-11,13,15-17H2,1-2H3/t22-,25?,26?,27?,29?,30?/m1/s1. The van der Waals surface area contributed by atoms with Crippen LogP contribution in [-0.2, 0) is 11.8 Å². The summed E-state index contributed by atoms with van der Waals surface area (Å²) < 4.78 is 0. The Morgan fingerprint density at radius 3 is 2.66 bits per heavy atom. The fourth-order valence-corrected chi connectivity index (χ4v) is 10.4. The van der Waals surface area contributed by atoms with Crippen LogP contribution in [0.5, 0.6) is 5.75 Å². The van der Waals surface area contributed by atoms with Crippen molar-refractivity contribution in [3.8, 4) is 5.75 Å². The highest BCUT2D eigenvalue weighted by molar-refractivity contribution is 5.53. The van der Waals surface area contributed by atoms with Gasteiger partial charge in [-0.2, -0.15) is 0 Å². The lowest BCUT2D eigenvalue weighted by atomic mass is 9.43. The van der Waals surface area contributed by atoms with Gasteiger partial charge in [-0.1, -0.05) is 12.5 Å². The van der Waals surface area contributed by atoms with Gasteiger partial charge < -0.3 is 10.0 Å². The van der Waals surface area contributed by atoms with Crippen LogP contribution in [0.4, 0.5) is 5.95 Å². The second kappa shape index (κ2) is 7.00. The molecule has 5 nitrogen and oxygen atoms in total. The van der Waals surface area contributed by atoms with Gasteiger partial charge in [-0.3, -0.25) is 4.90 Å². The summed E-state index contributed by atoms with van der Waals surface area (Å²) in [5.41, 5.74) is 5.75. The third-order valence-electron chi connectivity index (χ3n) is 11.5. The Kier molecular flexibility index (Phi) is 4.20. The minimum absolute atomic E-state index is 0.196. The van der Waals surface area contributed by atoms with E-state index in [1.54, 1.807) is 0 Å². The van der Waals surface area contributed by atoms with Crippen molar-refractivity contribution in [1.29, 1.82) is 0 Å². The molecule has 6 atom stereocenters. The van der Waals surface area contributed by atoms with E-state index in [-0.39, 0.29) is 5.41 Å². The molecule has 1 aromatic carbocycles. The fourth-order valence-electron chi connectivity index (χ4n) is 10.4. The summed E-state index contributed by atoms with van der Waals surface area (Å²) >= 11 is 0. The van der Waals surface area contributed by atoms with Gasteiger partial charge in [0.15, 0.2) is 0 Å². The van der Waals surface area contributed by atoms with Gasteiger partial charge in [0.25, 0.3) is 0 Å². The monoisotopic (exact) mass is 470 g/mol. The molecule has 35 heavy (non-hydrogen) atoms. The lowest BCUT2D eigenvalue weighted by molar-refractivity contribution is -0.0976. The molecule has 6 aliphatic rings. The first kappa shape index (κ1) is 21.0. The van der Waals surface area contributed by atoms with E-state index in [1.165, 1.54) is 75.6 Å². The molecule has 0 spiro atoms. The van der Waals surface area contributed by atoms with E-state index >= 15 is 0 Å². The van der Waals surface area contributed by atoms with Crippen molar-refractivity contribution in [3.63, 3.8) is 0 Å². The molecular formula is C30H38N4O. The van der Waals surface area contributed by atoms with Crippen LogP contribution in [0, 0.1) is 37.0 Å². The Balaban J connectivity index is 1.26. The molecule has 4 bridgehead atoms. The Labute approximate surface area is 209 Å². The van der Waals surface area contributed by atoms with Gasteiger partial charge in [0.05, 0.1) is 0 Å². The number of nitrogens with zero attached hydrogens (tertiary/aromatic N) is 4. The highest BCUT2D eigenvalue weighted by Crippen LogP contribution is 2.75. The Morgan fingerprint density at radius 1 is 1.06 bits per heavy atom. The predicted molar refractivity (Wildman–Crippen MR) is 137 cm³/mol. The van der Waals surface area contributed by atoms with E-state index in [4.69, 9.17) is 9.97 Å². The van der Waals surface area contributed by atoms with Gasteiger partial charge in [0, 0.05) is 42.0 Å². The third-order valence-corrected chi connectivity index (χ3v) is 11.5. The molecule has 0 radical (unpaired) electrons. The lowest BCUT2D eigenvalue weighted by Crippen LogP contribution is -2.70. The van der Waals surface area contributed by atoms with Crippen molar-refractivity contribution in [1.82, 2.24) is 14.9 Å². The van der Waals surface area contributed by atoms with Crippen molar-refractivity contribution >= 4 is 5.95 Å². The number of benzene rings is 1. The molecule has 2 aliphatic heterocycles. The van der Waals surface area contributed by atoms with Crippen molar-refractivity contribution < 1.29 is 5.11 Å². The highest BCUT2D eigenvalue weighted by atomic mass is 16.3. The number of hydrogen-bond donors (Lipinski definition) is 1. The number of likely N-dealkylation sites (tertiary alicyclic amines) is 1. The molecule has 5 unspecified atom stereocenters. The Hall–Kier alpha value is -2.14. The van der Waals surface area contributed by atoms with Crippen molar-refractivity contribution in [3.05, 3.63) is 46.8 Å². The second-order valence-electron chi connectivity index (χ2n) is 12.9. The molecule has 1 N–H and O–H groups in total. The van der Waals surface area contributed by atoms with Gasteiger partial charge in [0.2, 0.25) is 5.95 Å². The minimum Gasteiger partial charge on any atom is -0.508 e. The quantitative estimate of drug-likeness (QED) is 0.700. The normalized spacial score (nSPS) is 39.3. The number of phenolic OH excluding ortho intramolecular Hbond substituents is 1. The number of rotatable bonds is 3. The summed E-state index contributed by atoms with van der Waals surface area (Å²) in [6, 6.07) is 9.67. The van der Waals surface area contributed by atoms with Gasteiger partial charge >= 0.3 is 0 Å². The zero-order valence-corrected chi connectivity index (χ0v) is 21.2. The summed E-state index contributed by atoms with van der Waals surface area (Å²) in [4.78, 5) is 15.4. The van der Waals surface area contributed by atoms with Crippen molar-refractivity contribution in [2.75, 3.05) is 24.5 Å². The maximum atomic E-state index is 10.7. The topological polar surface area (TPSA) is 52.5 Å². The zero-order valence-electron chi connectivity index (χ0n) is 21.2. The lowest BCUT2D eigenvalue weighted by Gasteiger charge is -2.67. The van der Waals surface area contributed by atoms with Crippen molar-refractivity contribution in [2.45, 2.75) is 82.7 Å².